The molecular weight excluding hydrogens is 339 g/mol. The standard InChI is InChI=1S/C18H21FN4OS/c19-14-6-8-15(9-7-14)22-10-11-23-16(17(22)24)20-21-18(23)25-12-13-4-2-1-3-5-13/h6-11,13,16,20H,1-5,12H2. The van der Waals surface area contributed by atoms with E-state index in [2.05, 4.69) is 10.5 Å². The van der Waals surface area contributed by atoms with Crippen molar-refractivity contribution in [1.82, 2.24) is 10.3 Å². The number of thioether (sulfide) groups is 1. The van der Waals surface area contributed by atoms with Gasteiger partial charge in [-0.25, -0.2) is 4.39 Å². The summed E-state index contributed by atoms with van der Waals surface area (Å²) in [5, 5.41) is 5.20. The number of fused-ring (bicyclic) bond motifs is 1. The molecule has 132 valence electrons. The number of carbonyl (C=O) groups is 1. The van der Waals surface area contributed by atoms with Gasteiger partial charge in [-0.05, 0) is 43.0 Å². The Balaban J connectivity index is 1.42. The van der Waals surface area contributed by atoms with Crippen LogP contribution in [0.4, 0.5) is 10.1 Å². The molecule has 1 aromatic carbocycles. The lowest BCUT2D eigenvalue weighted by Gasteiger charge is -2.32. The third-order valence-corrected chi connectivity index (χ3v) is 6.11. The molecule has 0 bridgehead atoms. The molecule has 3 aliphatic rings. The minimum atomic E-state index is -0.524. The quantitative estimate of drug-likeness (QED) is 0.897. The zero-order valence-corrected chi connectivity index (χ0v) is 14.7. The normalized spacial score (nSPS) is 23.5. The van der Waals surface area contributed by atoms with Crippen LogP contribution in [0, 0.1) is 11.7 Å². The fourth-order valence-electron chi connectivity index (χ4n) is 3.48. The molecule has 0 radical (unpaired) electrons. The molecule has 1 atom stereocenters. The Morgan fingerprint density at radius 3 is 2.68 bits per heavy atom. The van der Waals surface area contributed by atoms with Crippen molar-refractivity contribution in [3.8, 4) is 0 Å². The van der Waals surface area contributed by atoms with Crippen LogP contribution >= 0.6 is 11.8 Å². The number of benzene rings is 1. The van der Waals surface area contributed by atoms with Crippen molar-refractivity contribution in [1.29, 1.82) is 0 Å². The second-order valence-electron chi connectivity index (χ2n) is 6.63. The highest BCUT2D eigenvalue weighted by molar-refractivity contribution is 8.13. The lowest BCUT2D eigenvalue weighted by molar-refractivity contribution is -0.122. The molecule has 1 amide bonds. The number of hydrogen-bond donors (Lipinski definition) is 1. The summed E-state index contributed by atoms with van der Waals surface area (Å²) in [5.74, 6) is 1.36. The van der Waals surface area contributed by atoms with Crippen molar-refractivity contribution in [2.75, 3.05) is 10.7 Å². The van der Waals surface area contributed by atoms with E-state index in [4.69, 9.17) is 0 Å². The fraction of sp³-hybridized carbons (Fsp3) is 0.444. The molecule has 25 heavy (non-hydrogen) atoms. The molecule has 0 spiro atoms. The molecule has 1 N–H and O–H groups in total. The van der Waals surface area contributed by atoms with Crippen LogP contribution in [0.5, 0.6) is 0 Å². The van der Waals surface area contributed by atoms with Crippen LogP contribution in [-0.4, -0.2) is 27.9 Å². The van der Waals surface area contributed by atoms with Crippen LogP contribution in [0.2, 0.25) is 0 Å². The fourth-order valence-corrected chi connectivity index (χ4v) is 4.63. The highest BCUT2D eigenvalue weighted by Crippen LogP contribution is 2.30. The second kappa shape index (κ2) is 7.07. The lowest BCUT2D eigenvalue weighted by atomic mass is 9.91. The first-order valence-corrected chi connectivity index (χ1v) is 9.72. The van der Waals surface area contributed by atoms with E-state index in [1.165, 1.54) is 49.1 Å². The van der Waals surface area contributed by atoms with Crippen molar-refractivity contribution in [2.24, 2.45) is 11.0 Å². The molecule has 1 aromatic rings. The smallest absolute Gasteiger partial charge is 0.276 e. The molecule has 2 heterocycles. The third kappa shape index (κ3) is 3.38. The maximum atomic E-state index is 13.1. The summed E-state index contributed by atoms with van der Waals surface area (Å²) in [6.07, 6.45) is 9.66. The van der Waals surface area contributed by atoms with E-state index < -0.39 is 6.17 Å². The number of halogens is 1. The molecular formula is C18H21FN4OS. The second-order valence-corrected chi connectivity index (χ2v) is 7.62. The Hall–Kier alpha value is -2.02. The third-order valence-electron chi connectivity index (χ3n) is 4.91. The Morgan fingerprint density at radius 1 is 1.16 bits per heavy atom. The van der Waals surface area contributed by atoms with Gasteiger partial charge in [-0.2, -0.15) is 5.10 Å². The summed E-state index contributed by atoms with van der Waals surface area (Å²) in [6.45, 7) is 0. The molecule has 2 aliphatic heterocycles. The monoisotopic (exact) mass is 360 g/mol. The summed E-state index contributed by atoms with van der Waals surface area (Å²) in [4.78, 5) is 16.1. The average Bonchev–Trinajstić information content (AvgIpc) is 3.06. The van der Waals surface area contributed by atoms with Crippen LogP contribution in [0.1, 0.15) is 32.1 Å². The Kier molecular flexibility index (Phi) is 4.65. The molecule has 4 rings (SSSR count). The average molecular weight is 360 g/mol. The summed E-state index contributed by atoms with van der Waals surface area (Å²) in [5.41, 5.74) is 3.58. The van der Waals surface area contributed by atoms with Gasteiger partial charge in [0.2, 0.25) is 6.17 Å². The first-order valence-electron chi connectivity index (χ1n) is 8.74. The van der Waals surface area contributed by atoms with Gasteiger partial charge in [-0.1, -0.05) is 31.0 Å². The SMILES string of the molecule is O=C1C2NN=C(SCC3CCCCC3)N2C=CN1c1ccc(F)cc1. The molecule has 1 saturated carbocycles. The first kappa shape index (κ1) is 16.4. The van der Waals surface area contributed by atoms with E-state index >= 15 is 0 Å². The number of carbonyl (C=O) groups excluding carboxylic acids is 1. The minimum absolute atomic E-state index is 0.119. The van der Waals surface area contributed by atoms with Crippen molar-refractivity contribution < 1.29 is 9.18 Å². The first-order chi connectivity index (χ1) is 12.2. The predicted molar refractivity (Wildman–Crippen MR) is 98.3 cm³/mol. The molecule has 5 nitrogen and oxygen atoms in total. The van der Waals surface area contributed by atoms with Crippen LogP contribution < -0.4 is 10.3 Å². The number of anilines is 1. The number of hydrazone groups is 1. The van der Waals surface area contributed by atoms with Crippen molar-refractivity contribution >= 4 is 28.5 Å². The summed E-state index contributed by atoms with van der Waals surface area (Å²) in [6, 6.07) is 5.91. The molecule has 0 aromatic heterocycles. The van der Waals surface area contributed by atoms with Gasteiger partial charge < -0.3 is 0 Å². The highest BCUT2D eigenvalue weighted by Gasteiger charge is 2.38. The number of rotatable bonds is 3. The van der Waals surface area contributed by atoms with Gasteiger partial charge in [0.1, 0.15) is 5.82 Å². The maximum Gasteiger partial charge on any atom is 0.276 e. The van der Waals surface area contributed by atoms with Gasteiger partial charge in [0.25, 0.3) is 5.91 Å². The van der Waals surface area contributed by atoms with Crippen molar-refractivity contribution in [2.45, 2.75) is 38.3 Å². The Bertz CT molecular complexity index is 700. The van der Waals surface area contributed by atoms with E-state index in [0.29, 0.717) is 5.69 Å². The number of hydrogen-bond acceptors (Lipinski definition) is 5. The number of nitrogens with one attached hydrogen (secondary N) is 1. The molecule has 7 heteroatoms. The number of amides is 1. The molecule has 0 saturated heterocycles. The zero-order chi connectivity index (χ0) is 17.2. The van der Waals surface area contributed by atoms with E-state index in [1.807, 2.05) is 11.1 Å². The van der Waals surface area contributed by atoms with E-state index in [-0.39, 0.29) is 11.7 Å². The van der Waals surface area contributed by atoms with E-state index in [1.54, 1.807) is 30.1 Å². The van der Waals surface area contributed by atoms with Gasteiger partial charge in [-0.3, -0.25) is 20.0 Å². The summed E-state index contributed by atoms with van der Waals surface area (Å²) < 4.78 is 13.1. The van der Waals surface area contributed by atoms with Crippen LogP contribution in [0.15, 0.2) is 41.8 Å². The molecule has 1 fully saturated rings. The minimum Gasteiger partial charge on any atom is -0.294 e. The van der Waals surface area contributed by atoms with Crippen molar-refractivity contribution in [3.63, 3.8) is 0 Å². The Labute approximate surface area is 150 Å². The predicted octanol–water partition coefficient (Wildman–Crippen LogP) is 3.46. The van der Waals surface area contributed by atoms with Gasteiger partial charge in [0.05, 0.1) is 0 Å². The van der Waals surface area contributed by atoms with Crippen LogP contribution in [-0.2, 0) is 4.79 Å². The number of nitrogens with zero attached hydrogens (tertiary/aromatic N) is 3. The van der Waals surface area contributed by atoms with Crippen LogP contribution in [0.3, 0.4) is 0 Å². The molecule has 1 aliphatic carbocycles. The van der Waals surface area contributed by atoms with Crippen LogP contribution in [0.25, 0.3) is 0 Å². The van der Waals surface area contributed by atoms with Crippen molar-refractivity contribution in [3.05, 3.63) is 42.5 Å². The lowest BCUT2D eigenvalue weighted by Crippen LogP contribution is -2.52. The summed E-state index contributed by atoms with van der Waals surface area (Å²) in [7, 11) is 0. The zero-order valence-electron chi connectivity index (χ0n) is 13.9. The number of amidine groups is 1. The van der Waals surface area contributed by atoms with Gasteiger partial charge >= 0.3 is 0 Å². The Morgan fingerprint density at radius 2 is 1.92 bits per heavy atom. The topological polar surface area (TPSA) is 47.9 Å². The van der Waals surface area contributed by atoms with Gasteiger partial charge in [-0.15, -0.1) is 0 Å². The summed E-state index contributed by atoms with van der Waals surface area (Å²) >= 11 is 1.72. The van der Waals surface area contributed by atoms with Gasteiger partial charge in [0.15, 0.2) is 5.17 Å². The molecule has 1 unspecified atom stereocenters. The van der Waals surface area contributed by atoms with Gasteiger partial charge in [0, 0.05) is 23.8 Å². The largest absolute Gasteiger partial charge is 0.294 e. The maximum absolute atomic E-state index is 13.1. The van der Waals surface area contributed by atoms with E-state index in [0.717, 1.165) is 16.8 Å². The van der Waals surface area contributed by atoms with E-state index in [9.17, 15) is 9.18 Å². The highest BCUT2D eigenvalue weighted by atomic mass is 32.2.